The number of hydrogen-bond acceptors (Lipinski definition) is 3. The minimum Gasteiger partial charge on any atom is -0.481 e. The van der Waals surface area contributed by atoms with E-state index in [1.54, 1.807) is 11.8 Å². The molecule has 1 aliphatic heterocycles. The van der Waals surface area contributed by atoms with Gasteiger partial charge in [0.25, 0.3) is 0 Å². The molecule has 130 valence electrons. The number of aliphatic carboxylic acids is 1. The van der Waals surface area contributed by atoms with E-state index < -0.39 is 5.97 Å². The van der Waals surface area contributed by atoms with Gasteiger partial charge in [-0.3, -0.25) is 9.59 Å². The Kier molecular flexibility index (Phi) is 5.76. The first kappa shape index (κ1) is 17.5. The maximum Gasteiger partial charge on any atom is 0.303 e. The predicted octanol–water partition coefficient (Wildman–Crippen LogP) is 3.77. The van der Waals surface area contributed by atoms with E-state index >= 15 is 0 Å². The predicted molar refractivity (Wildman–Crippen MR) is 98.6 cm³/mol. The van der Waals surface area contributed by atoms with E-state index in [1.165, 1.54) is 4.90 Å². The summed E-state index contributed by atoms with van der Waals surface area (Å²) in [7, 11) is 0. The van der Waals surface area contributed by atoms with Gasteiger partial charge in [0.05, 0.1) is 5.92 Å². The highest BCUT2D eigenvalue weighted by Gasteiger charge is 2.32. The number of carboxylic acids is 1. The van der Waals surface area contributed by atoms with Crippen molar-refractivity contribution in [1.82, 2.24) is 4.90 Å². The number of rotatable bonds is 7. The molecule has 2 aromatic carbocycles. The van der Waals surface area contributed by atoms with E-state index in [0.29, 0.717) is 19.5 Å². The molecule has 0 radical (unpaired) electrons. The van der Waals surface area contributed by atoms with Crippen LogP contribution in [0.5, 0.6) is 0 Å². The Labute approximate surface area is 151 Å². The minimum atomic E-state index is -0.825. The summed E-state index contributed by atoms with van der Waals surface area (Å²) in [5.41, 5.74) is 2.15. The van der Waals surface area contributed by atoms with Crippen LogP contribution in [0.3, 0.4) is 0 Å². The van der Waals surface area contributed by atoms with Gasteiger partial charge < -0.3 is 10.0 Å². The van der Waals surface area contributed by atoms with Crippen LogP contribution in [0.4, 0.5) is 0 Å². The zero-order chi connectivity index (χ0) is 17.6. The van der Waals surface area contributed by atoms with Gasteiger partial charge in [0, 0.05) is 30.2 Å². The van der Waals surface area contributed by atoms with Crippen LogP contribution in [0, 0.1) is 0 Å². The summed E-state index contributed by atoms with van der Waals surface area (Å²) in [6.07, 6.45) is 0.546. The van der Waals surface area contributed by atoms with Crippen LogP contribution in [-0.4, -0.2) is 34.2 Å². The van der Waals surface area contributed by atoms with Crippen molar-refractivity contribution in [3.63, 3.8) is 0 Å². The summed E-state index contributed by atoms with van der Waals surface area (Å²) in [5.74, 6) is -0.127. The Bertz CT molecular complexity index is 748. The molecule has 1 heterocycles. The molecule has 0 aliphatic carbocycles. The summed E-state index contributed by atoms with van der Waals surface area (Å²) in [5, 5.41) is 8.89. The molecule has 25 heavy (non-hydrogen) atoms. The van der Waals surface area contributed by atoms with Gasteiger partial charge in [-0.1, -0.05) is 48.5 Å². The average molecular weight is 355 g/mol. The van der Waals surface area contributed by atoms with Crippen molar-refractivity contribution < 1.29 is 14.7 Å². The first-order valence-electron chi connectivity index (χ1n) is 8.41. The van der Waals surface area contributed by atoms with Crippen molar-refractivity contribution in [3.05, 3.63) is 65.7 Å². The molecule has 0 fully saturated rings. The van der Waals surface area contributed by atoms with E-state index in [2.05, 4.69) is 6.07 Å². The zero-order valence-electron chi connectivity index (χ0n) is 13.9. The quantitative estimate of drug-likeness (QED) is 0.821. The molecule has 1 aliphatic rings. The zero-order valence-corrected chi connectivity index (χ0v) is 14.7. The highest BCUT2D eigenvalue weighted by molar-refractivity contribution is 7.99. The molecule has 1 N–H and O–H groups in total. The summed E-state index contributed by atoms with van der Waals surface area (Å²) in [4.78, 5) is 27.0. The normalized spacial score (nSPS) is 15.6. The van der Waals surface area contributed by atoms with Crippen LogP contribution < -0.4 is 0 Å². The van der Waals surface area contributed by atoms with Crippen LogP contribution in [0.25, 0.3) is 0 Å². The Morgan fingerprint density at radius 3 is 2.56 bits per heavy atom. The SMILES string of the molecule is O=C(O)CCCN(Cc1ccccc1)C(=O)C1CSc2ccccc21. The molecule has 1 amide bonds. The molecule has 5 heteroatoms. The van der Waals surface area contributed by atoms with Crippen LogP contribution in [0.2, 0.25) is 0 Å². The molecule has 0 bridgehead atoms. The largest absolute Gasteiger partial charge is 0.481 e. The molecular formula is C20H21NO3S. The number of nitrogens with zero attached hydrogens (tertiary/aromatic N) is 1. The number of carbonyl (C=O) groups is 2. The fourth-order valence-corrected chi connectivity index (χ4v) is 4.30. The monoisotopic (exact) mass is 355 g/mol. The third-order valence-electron chi connectivity index (χ3n) is 4.34. The van der Waals surface area contributed by atoms with Gasteiger partial charge in [0.2, 0.25) is 5.91 Å². The number of carboxylic acid groups (broad SMARTS) is 1. The second kappa shape index (κ2) is 8.21. The maximum atomic E-state index is 13.2. The number of thioether (sulfide) groups is 1. The Morgan fingerprint density at radius 1 is 1.08 bits per heavy atom. The van der Waals surface area contributed by atoms with Gasteiger partial charge in [-0.2, -0.15) is 0 Å². The topological polar surface area (TPSA) is 57.6 Å². The van der Waals surface area contributed by atoms with Gasteiger partial charge in [-0.15, -0.1) is 11.8 Å². The second-order valence-corrected chi connectivity index (χ2v) is 7.21. The van der Waals surface area contributed by atoms with Crippen molar-refractivity contribution in [2.75, 3.05) is 12.3 Å². The fourth-order valence-electron chi connectivity index (χ4n) is 3.08. The lowest BCUT2D eigenvalue weighted by atomic mass is 9.99. The molecule has 1 unspecified atom stereocenters. The van der Waals surface area contributed by atoms with Gasteiger partial charge in [-0.25, -0.2) is 0 Å². The van der Waals surface area contributed by atoms with Gasteiger partial charge in [0.15, 0.2) is 0 Å². The summed E-state index contributed by atoms with van der Waals surface area (Å²) in [6, 6.07) is 17.9. The highest BCUT2D eigenvalue weighted by Crippen LogP contribution is 2.40. The smallest absolute Gasteiger partial charge is 0.303 e. The first-order valence-corrected chi connectivity index (χ1v) is 9.40. The number of benzene rings is 2. The van der Waals surface area contributed by atoms with Crippen molar-refractivity contribution in [3.8, 4) is 0 Å². The molecule has 3 rings (SSSR count). The van der Waals surface area contributed by atoms with Crippen molar-refractivity contribution >= 4 is 23.6 Å². The highest BCUT2D eigenvalue weighted by atomic mass is 32.2. The van der Waals surface area contributed by atoms with E-state index in [4.69, 9.17) is 5.11 Å². The molecule has 0 saturated heterocycles. The Balaban J connectivity index is 1.76. The number of fused-ring (bicyclic) bond motifs is 1. The lowest BCUT2D eigenvalue weighted by molar-refractivity contribution is -0.138. The summed E-state index contributed by atoms with van der Waals surface area (Å²) < 4.78 is 0. The van der Waals surface area contributed by atoms with Gasteiger partial charge in [0.1, 0.15) is 0 Å². The molecule has 0 spiro atoms. The Hall–Kier alpha value is -2.27. The average Bonchev–Trinajstić information content (AvgIpc) is 3.05. The number of hydrogen-bond donors (Lipinski definition) is 1. The summed E-state index contributed by atoms with van der Waals surface area (Å²) >= 11 is 1.72. The van der Waals surface area contributed by atoms with Gasteiger partial charge in [-0.05, 0) is 23.6 Å². The lowest BCUT2D eigenvalue weighted by Crippen LogP contribution is -2.36. The van der Waals surface area contributed by atoms with Crippen molar-refractivity contribution in [1.29, 1.82) is 0 Å². The first-order chi connectivity index (χ1) is 12.1. The van der Waals surface area contributed by atoms with E-state index in [0.717, 1.165) is 16.9 Å². The molecule has 0 aromatic heterocycles. The van der Waals surface area contributed by atoms with E-state index in [9.17, 15) is 9.59 Å². The molecule has 2 aromatic rings. The van der Waals surface area contributed by atoms with Crippen molar-refractivity contribution in [2.45, 2.75) is 30.2 Å². The number of amides is 1. The minimum absolute atomic E-state index is 0.0779. The number of carbonyl (C=O) groups excluding carboxylic acids is 1. The fraction of sp³-hybridized carbons (Fsp3) is 0.300. The third-order valence-corrected chi connectivity index (χ3v) is 5.53. The molecular weight excluding hydrogens is 334 g/mol. The lowest BCUT2D eigenvalue weighted by Gasteiger charge is -2.26. The van der Waals surface area contributed by atoms with E-state index in [1.807, 2.05) is 53.4 Å². The van der Waals surface area contributed by atoms with Crippen molar-refractivity contribution in [2.24, 2.45) is 0 Å². The van der Waals surface area contributed by atoms with Gasteiger partial charge >= 0.3 is 5.97 Å². The third kappa shape index (κ3) is 4.42. The van der Waals surface area contributed by atoms with Crippen LogP contribution in [0.1, 0.15) is 29.9 Å². The maximum absolute atomic E-state index is 13.2. The van der Waals surface area contributed by atoms with Crippen LogP contribution in [0.15, 0.2) is 59.5 Å². The van der Waals surface area contributed by atoms with Crippen LogP contribution >= 0.6 is 11.8 Å². The summed E-state index contributed by atoms with van der Waals surface area (Å²) in [6.45, 7) is 0.978. The van der Waals surface area contributed by atoms with E-state index in [-0.39, 0.29) is 18.2 Å². The molecule has 0 saturated carbocycles. The standard InChI is InChI=1S/C20H21NO3S/c22-19(23)11-6-12-21(13-15-7-2-1-3-8-15)20(24)17-14-25-18-10-5-4-9-16(17)18/h1-5,7-10,17H,6,11-14H2,(H,22,23). The van der Waals surface area contributed by atoms with Crippen LogP contribution in [-0.2, 0) is 16.1 Å². The molecule has 1 atom stereocenters. The second-order valence-electron chi connectivity index (χ2n) is 6.14. The molecule has 4 nitrogen and oxygen atoms in total. The Morgan fingerprint density at radius 2 is 1.80 bits per heavy atom.